The number of carbonyl (C=O) groups is 1. The Bertz CT molecular complexity index is 931. The highest BCUT2D eigenvalue weighted by Gasteiger charge is 2.41. The van der Waals surface area contributed by atoms with E-state index in [1.807, 2.05) is 27.7 Å². The van der Waals surface area contributed by atoms with Crippen LogP contribution in [-0.4, -0.2) is 26.2 Å². The van der Waals surface area contributed by atoms with Gasteiger partial charge in [0.25, 0.3) is 5.91 Å². The number of nitrogens with one attached hydrogen (secondary N) is 1. The fourth-order valence-electron chi connectivity index (χ4n) is 4.17. The minimum absolute atomic E-state index is 0.149. The zero-order valence-electron chi connectivity index (χ0n) is 16.5. The van der Waals surface area contributed by atoms with Gasteiger partial charge in [-0.1, -0.05) is 0 Å². The fraction of sp³-hybridized carbons (Fsp3) is 0.524. The van der Waals surface area contributed by atoms with Gasteiger partial charge in [0.2, 0.25) is 0 Å². The molecule has 0 fully saturated rings. The number of hydrogen-bond donors (Lipinski definition) is 2. The van der Waals surface area contributed by atoms with Crippen molar-refractivity contribution >= 4 is 11.7 Å². The average molecular weight is 369 g/mol. The summed E-state index contributed by atoms with van der Waals surface area (Å²) in [6, 6.07) is 0. The maximum atomic E-state index is 13.1. The Morgan fingerprint density at radius 3 is 2.78 bits per heavy atom. The lowest BCUT2D eigenvalue weighted by molar-refractivity contribution is -0.131. The highest BCUT2D eigenvalue weighted by molar-refractivity contribution is 5.97. The maximum Gasteiger partial charge on any atom is 0.269 e. The first-order valence-corrected chi connectivity index (χ1v) is 9.68. The first kappa shape index (κ1) is 17.9. The van der Waals surface area contributed by atoms with Crippen molar-refractivity contribution in [2.45, 2.75) is 71.9 Å². The van der Waals surface area contributed by atoms with Gasteiger partial charge in [-0.05, 0) is 63.6 Å². The van der Waals surface area contributed by atoms with Crippen molar-refractivity contribution in [3.05, 3.63) is 34.3 Å². The van der Waals surface area contributed by atoms with Crippen LogP contribution in [0.5, 0.6) is 11.5 Å². The second-order valence-corrected chi connectivity index (χ2v) is 7.99. The van der Waals surface area contributed by atoms with Gasteiger partial charge in [-0.2, -0.15) is 0 Å². The van der Waals surface area contributed by atoms with E-state index in [2.05, 4.69) is 14.9 Å². The van der Waals surface area contributed by atoms with Crippen LogP contribution in [0.15, 0.2) is 6.20 Å². The molecule has 1 amide bonds. The van der Waals surface area contributed by atoms with Gasteiger partial charge in [0, 0.05) is 24.9 Å². The molecule has 1 aromatic heterocycles. The van der Waals surface area contributed by atoms with E-state index >= 15 is 0 Å². The molecular weight excluding hydrogens is 342 g/mol. The summed E-state index contributed by atoms with van der Waals surface area (Å²) >= 11 is 0. The lowest BCUT2D eigenvalue weighted by Gasteiger charge is -2.36. The molecular formula is C21H27N3O3. The molecule has 0 aliphatic carbocycles. The number of ether oxygens (including phenoxy) is 1. The summed E-state index contributed by atoms with van der Waals surface area (Å²) in [5.74, 6) is 2.70. The van der Waals surface area contributed by atoms with Crippen LogP contribution in [0.2, 0.25) is 0 Å². The number of aromatic hydroxyl groups is 1. The number of hydrogen-bond acceptors (Lipinski definition) is 4. The summed E-state index contributed by atoms with van der Waals surface area (Å²) in [5.41, 5.74) is 2.60. The molecule has 144 valence electrons. The molecule has 2 N–H and O–H groups in total. The van der Waals surface area contributed by atoms with E-state index in [9.17, 15) is 9.90 Å². The van der Waals surface area contributed by atoms with E-state index in [0.29, 0.717) is 18.6 Å². The van der Waals surface area contributed by atoms with E-state index in [1.165, 1.54) is 0 Å². The van der Waals surface area contributed by atoms with E-state index in [-0.39, 0.29) is 5.91 Å². The van der Waals surface area contributed by atoms with Gasteiger partial charge in [0.1, 0.15) is 23.1 Å². The molecule has 2 aromatic rings. The molecule has 6 heteroatoms. The van der Waals surface area contributed by atoms with Crippen LogP contribution in [0.3, 0.4) is 0 Å². The highest BCUT2D eigenvalue weighted by atomic mass is 16.5. The topological polar surface area (TPSA) is 76.4 Å². The first-order chi connectivity index (χ1) is 12.8. The quantitative estimate of drug-likeness (QED) is 0.848. The van der Waals surface area contributed by atoms with Gasteiger partial charge in [0.15, 0.2) is 5.60 Å². The number of aromatic nitrogens is 2. The van der Waals surface area contributed by atoms with Crippen molar-refractivity contribution in [1.29, 1.82) is 0 Å². The summed E-state index contributed by atoms with van der Waals surface area (Å²) in [7, 11) is 0. The Kier molecular flexibility index (Phi) is 4.17. The zero-order valence-corrected chi connectivity index (χ0v) is 16.5. The Hall–Kier alpha value is -2.50. The minimum atomic E-state index is -0.951. The number of imidazole rings is 1. The number of amides is 1. The molecule has 2 aliphatic rings. The number of anilines is 1. The molecule has 0 unspecified atom stereocenters. The average Bonchev–Trinajstić information content (AvgIpc) is 3.07. The Balaban J connectivity index is 1.62. The van der Waals surface area contributed by atoms with E-state index in [0.717, 1.165) is 65.5 Å². The molecule has 1 atom stereocenters. The molecule has 6 nitrogen and oxygen atoms in total. The largest absolute Gasteiger partial charge is 0.507 e. The van der Waals surface area contributed by atoms with E-state index in [4.69, 9.17) is 4.74 Å². The smallest absolute Gasteiger partial charge is 0.269 e. The number of phenols is 1. The standard InChI is InChI=1S/C21H27N3O3/c1-12-13(2)19-15(14(3)18(12)25)8-9-21(4,27-19)20(26)23-17-11-22-16-7-5-6-10-24(16)17/h11,25H,5-10H2,1-4H3,(H,23,26)/t21-/m0/s1. The number of aryl methyl sites for hydroxylation is 1. The van der Waals surface area contributed by atoms with Crippen LogP contribution in [-0.2, 0) is 24.2 Å². The summed E-state index contributed by atoms with van der Waals surface area (Å²) in [6.45, 7) is 8.46. The van der Waals surface area contributed by atoms with Gasteiger partial charge in [-0.25, -0.2) is 4.98 Å². The number of nitrogens with zero attached hydrogens (tertiary/aromatic N) is 2. The number of benzene rings is 1. The third-order valence-corrected chi connectivity index (χ3v) is 6.21. The summed E-state index contributed by atoms with van der Waals surface area (Å²) < 4.78 is 8.37. The zero-order chi connectivity index (χ0) is 19.3. The molecule has 0 saturated heterocycles. The van der Waals surface area contributed by atoms with Crippen molar-refractivity contribution in [2.24, 2.45) is 0 Å². The van der Waals surface area contributed by atoms with Gasteiger partial charge >= 0.3 is 0 Å². The third-order valence-electron chi connectivity index (χ3n) is 6.21. The van der Waals surface area contributed by atoms with Gasteiger partial charge < -0.3 is 19.7 Å². The molecule has 0 saturated carbocycles. The first-order valence-electron chi connectivity index (χ1n) is 9.68. The Morgan fingerprint density at radius 2 is 2.00 bits per heavy atom. The highest BCUT2D eigenvalue weighted by Crippen LogP contribution is 2.43. The van der Waals surface area contributed by atoms with Crippen LogP contribution in [0, 0.1) is 20.8 Å². The monoisotopic (exact) mass is 369 g/mol. The second kappa shape index (κ2) is 6.29. The molecule has 0 radical (unpaired) electrons. The number of phenolic OH excluding ortho intramolecular Hbond substituents is 1. The van der Waals surface area contributed by atoms with Crippen molar-refractivity contribution < 1.29 is 14.6 Å². The lowest BCUT2D eigenvalue weighted by Crippen LogP contribution is -2.48. The van der Waals surface area contributed by atoms with Crippen LogP contribution in [0.4, 0.5) is 5.82 Å². The van der Waals surface area contributed by atoms with Gasteiger partial charge in [0.05, 0.1) is 6.20 Å². The normalized spacial score (nSPS) is 21.2. The number of rotatable bonds is 2. The van der Waals surface area contributed by atoms with E-state index < -0.39 is 5.60 Å². The predicted octanol–water partition coefficient (Wildman–Crippen LogP) is 3.57. The van der Waals surface area contributed by atoms with Crippen molar-refractivity contribution in [2.75, 3.05) is 5.32 Å². The van der Waals surface area contributed by atoms with E-state index in [1.54, 1.807) is 6.20 Å². The van der Waals surface area contributed by atoms with Crippen LogP contribution in [0.25, 0.3) is 0 Å². The van der Waals surface area contributed by atoms with Crippen molar-refractivity contribution in [1.82, 2.24) is 9.55 Å². The number of carbonyl (C=O) groups excluding carboxylic acids is 1. The van der Waals surface area contributed by atoms with Gasteiger partial charge in [-0.3, -0.25) is 4.79 Å². The second-order valence-electron chi connectivity index (χ2n) is 7.99. The Labute approximate surface area is 159 Å². The molecule has 0 bridgehead atoms. The lowest BCUT2D eigenvalue weighted by atomic mass is 9.86. The number of fused-ring (bicyclic) bond motifs is 2. The third kappa shape index (κ3) is 2.78. The molecule has 2 aliphatic heterocycles. The van der Waals surface area contributed by atoms with Crippen molar-refractivity contribution in [3.8, 4) is 11.5 Å². The van der Waals surface area contributed by atoms with Crippen LogP contribution >= 0.6 is 0 Å². The summed E-state index contributed by atoms with van der Waals surface area (Å²) in [4.78, 5) is 17.5. The van der Waals surface area contributed by atoms with Crippen LogP contribution < -0.4 is 10.1 Å². The summed E-state index contributed by atoms with van der Waals surface area (Å²) in [5, 5.41) is 13.4. The molecule has 1 aromatic carbocycles. The fourth-order valence-corrected chi connectivity index (χ4v) is 4.17. The van der Waals surface area contributed by atoms with Gasteiger partial charge in [-0.15, -0.1) is 0 Å². The van der Waals surface area contributed by atoms with Crippen LogP contribution in [0.1, 0.15) is 54.3 Å². The maximum absolute atomic E-state index is 13.1. The predicted molar refractivity (Wildman–Crippen MR) is 103 cm³/mol. The Morgan fingerprint density at radius 1 is 1.22 bits per heavy atom. The minimum Gasteiger partial charge on any atom is -0.507 e. The molecule has 4 rings (SSSR count). The van der Waals surface area contributed by atoms with Crippen molar-refractivity contribution in [3.63, 3.8) is 0 Å². The summed E-state index contributed by atoms with van der Waals surface area (Å²) in [6.07, 6.45) is 6.22. The SMILES string of the molecule is Cc1c(C)c2c(c(C)c1O)CC[C@@](C)(C(=O)Nc1cnc3n1CCCC3)O2. The molecule has 3 heterocycles. The molecule has 0 spiro atoms. The molecule has 27 heavy (non-hydrogen) atoms.